The van der Waals surface area contributed by atoms with E-state index in [1.54, 1.807) is 18.4 Å². The number of rotatable bonds is 6. The smallest absolute Gasteiger partial charge is 0.228 e. The molecule has 3 aromatic heterocycles. The van der Waals surface area contributed by atoms with Crippen molar-refractivity contribution in [3.05, 3.63) is 40.8 Å². The van der Waals surface area contributed by atoms with Crippen LogP contribution in [-0.2, 0) is 9.59 Å². The van der Waals surface area contributed by atoms with Crippen molar-refractivity contribution in [2.45, 2.75) is 19.4 Å². The fourth-order valence-corrected chi connectivity index (χ4v) is 3.59. The van der Waals surface area contributed by atoms with Gasteiger partial charge in [-0.15, -0.1) is 21.5 Å². The maximum absolute atomic E-state index is 12.3. The summed E-state index contributed by atoms with van der Waals surface area (Å²) in [6.45, 7) is 1.43. The summed E-state index contributed by atoms with van der Waals surface area (Å²) in [6, 6.07) is 6.94. The highest BCUT2D eigenvalue weighted by Crippen LogP contribution is 2.27. The molecule has 0 unspecified atom stereocenters. The van der Waals surface area contributed by atoms with Gasteiger partial charge in [0.2, 0.25) is 16.9 Å². The van der Waals surface area contributed by atoms with E-state index in [0.717, 1.165) is 4.88 Å². The van der Waals surface area contributed by atoms with Gasteiger partial charge in [0, 0.05) is 11.8 Å². The zero-order valence-corrected chi connectivity index (χ0v) is 14.3. The number of thiophene rings is 1. The van der Waals surface area contributed by atoms with E-state index in [0.29, 0.717) is 15.9 Å². The summed E-state index contributed by atoms with van der Waals surface area (Å²) in [7, 11) is 0. The Kier molecular flexibility index (Phi) is 5.02. The molecule has 0 aliphatic heterocycles. The van der Waals surface area contributed by atoms with Gasteiger partial charge >= 0.3 is 0 Å². The normalized spacial score (nSPS) is 11.9. The lowest BCUT2D eigenvalue weighted by atomic mass is 10.1. The zero-order chi connectivity index (χ0) is 16.9. The van der Waals surface area contributed by atoms with Crippen molar-refractivity contribution in [2.24, 2.45) is 0 Å². The van der Waals surface area contributed by atoms with Crippen molar-refractivity contribution in [3.63, 3.8) is 0 Å². The van der Waals surface area contributed by atoms with Crippen LogP contribution < -0.4 is 10.6 Å². The zero-order valence-electron chi connectivity index (χ0n) is 12.7. The number of nitrogens with zero attached hydrogens (tertiary/aromatic N) is 2. The van der Waals surface area contributed by atoms with Crippen molar-refractivity contribution in [1.82, 2.24) is 15.5 Å². The fourth-order valence-electron chi connectivity index (χ4n) is 2.09. The number of aromatic nitrogens is 2. The molecule has 0 saturated heterocycles. The first kappa shape index (κ1) is 16.3. The highest BCUT2D eigenvalue weighted by Gasteiger charge is 2.19. The van der Waals surface area contributed by atoms with Gasteiger partial charge in [0.15, 0.2) is 10.8 Å². The van der Waals surface area contributed by atoms with Gasteiger partial charge in [-0.3, -0.25) is 9.59 Å². The lowest BCUT2D eigenvalue weighted by Gasteiger charge is -2.15. The van der Waals surface area contributed by atoms with Gasteiger partial charge in [-0.05, 0) is 23.6 Å². The molecule has 0 saturated carbocycles. The van der Waals surface area contributed by atoms with E-state index in [-0.39, 0.29) is 24.3 Å². The number of hydrogen-bond donors (Lipinski definition) is 2. The van der Waals surface area contributed by atoms with Crippen molar-refractivity contribution in [2.75, 3.05) is 5.32 Å². The molecule has 7 nitrogen and oxygen atoms in total. The Labute approximate surface area is 145 Å². The first-order valence-corrected chi connectivity index (χ1v) is 8.79. The average Bonchev–Trinajstić information content (AvgIpc) is 3.28. The Morgan fingerprint density at radius 1 is 1.29 bits per heavy atom. The van der Waals surface area contributed by atoms with Gasteiger partial charge in [-0.2, -0.15) is 0 Å². The molecular formula is C15H14N4O3S2. The number of carbonyl (C=O) groups excluding carboxylic acids is 2. The summed E-state index contributed by atoms with van der Waals surface area (Å²) in [4.78, 5) is 24.5. The summed E-state index contributed by atoms with van der Waals surface area (Å²) in [5, 5.41) is 16.3. The quantitative estimate of drug-likeness (QED) is 0.702. The lowest BCUT2D eigenvalue weighted by Crippen LogP contribution is -2.29. The third-order valence-electron chi connectivity index (χ3n) is 3.06. The van der Waals surface area contributed by atoms with Crippen molar-refractivity contribution in [1.29, 1.82) is 0 Å². The fraction of sp³-hybridized carbons (Fsp3) is 0.200. The molecule has 3 heterocycles. The van der Waals surface area contributed by atoms with Gasteiger partial charge in [0.05, 0.1) is 18.7 Å². The van der Waals surface area contributed by atoms with E-state index in [2.05, 4.69) is 20.8 Å². The standard InChI is InChI=1S/C15H14N4O3S2/c1-9(20)16-10(12-5-3-7-23-12)8-13(21)17-15-19-18-14(24-15)11-4-2-6-22-11/h2-7,10H,8H2,1H3,(H,16,20)(H,17,19,21)/t10-/m1/s1. The molecule has 0 aliphatic carbocycles. The van der Waals surface area contributed by atoms with E-state index in [4.69, 9.17) is 4.42 Å². The number of hydrogen-bond acceptors (Lipinski definition) is 7. The molecule has 2 N–H and O–H groups in total. The van der Waals surface area contributed by atoms with E-state index < -0.39 is 0 Å². The highest BCUT2D eigenvalue weighted by molar-refractivity contribution is 7.18. The highest BCUT2D eigenvalue weighted by atomic mass is 32.1. The molecule has 0 bridgehead atoms. The molecule has 3 aromatic rings. The SMILES string of the molecule is CC(=O)N[C@H](CC(=O)Nc1nnc(-c2ccco2)s1)c1cccs1. The molecular weight excluding hydrogens is 348 g/mol. The molecule has 124 valence electrons. The Hall–Kier alpha value is -2.52. The largest absolute Gasteiger partial charge is 0.462 e. The summed E-state index contributed by atoms with van der Waals surface area (Å²) < 4.78 is 5.24. The van der Waals surface area contributed by atoms with Crippen molar-refractivity contribution >= 4 is 39.6 Å². The van der Waals surface area contributed by atoms with Gasteiger partial charge in [-0.25, -0.2) is 0 Å². The third kappa shape index (κ3) is 4.06. The molecule has 2 amide bonds. The number of carbonyl (C=O) groups is 2. The van der Waals surface area contributed by atoms with E-state index in [9.17, 15) is 9.59 Å². The molecule has 9 heteroatoms. The van der Waals surface area contributed by atoms with E-state index in [1.807, 2.05) is 17.5 Å². The van der Waals surface area contributed by atoms with Gasteiger partial charge < -0.3 is 15.1 Å². The minimum Gasteiger partial charge on any atom is -0.462 e. The van der Waals surface area contributed by atoms with E-state index >= 15 is 0 Å². The molecule has 0 aliphatic rings. The summed E-state index contributed by atoms with van der Waals surface area (Å²) >= 11 is 2.72. The minimum atomic E-state index is -0.361. The number of nitrogens with one attached hydrogen (secondary N) is 2. The minimum absolute atomic E-state index is 0.121. The molecule has 3 rings (SSSR count). The van der Waals surface area contributed by atoms with Crippen LogP contribution in [-0.4, -0.2) is 22.0 Å². The topological polar surface area (TPSA) is 97.1 Å². The molecule has 1 atom stereocenters. The second-order valence-electron chi connectivity index (χ2n) is 4.91. The number of amides is 2. The van der Waals surface area contributed by atoms with Crippen LogP contribution in [0.25, 0.3) is 10.8 Å². The van der Waals surface area contributed by atoms with Crippen LogP contribution in [0.3, 0.4) is 0 Å². The van der Waals surface area contributed by atoms with Crippen molar-refractivity contribution < 1.29 is 14.0 Å². The Morgan fingerprint density at radius 3 is 2.83 bits per heavy atom. The molecule has 0 fully saturated rings. The van der Waals surface area contributed by atoms with Crippen LogP contribution >= 0.6 is 22.7 Å². The molecule has 0 radical (unpaired) electrons. The Balaban J connectivity index is 1.64. The predicted octanol–water partition coefficient (Wildman–Crippen LogP) is 3.07. The first-order valence-electron chi connectivity index (χ1n) is 7.09. The van der Waals surface area contributed by atoms with Crippen LogP contribution in [0.5, 0.6) is 0 Å². The second-order valence-corrected chi connectivity index (χ2v) is 6.87. The summed E-state index contributed by atoms with van der Waals surface area (Å²) in [5.41, 5.74) is 0. The third-order valence-corrected chi connectivity index (χ3v) is 4.90. The number of anilines is 1. The predicted molar refractivity (Wildman–Crippen MR) is 91.7 cm³/mol. The van der Waals surface area contributed by atoms with Crippen LogP contribution in [0.1, 0.15) is 24.3 Å². The number of furan rings is 1. The summed E-state index contributed by atoms with van der Waals surface area (Å²) in [5.74, 6) is 0.171. The first-order chi connectivity index (χ1) is 11.6. The molecule has 24 heavy (non-hydrogen) atoms. The van der Waals surface area contributed by atoms with Crippen LogP contribution in [0.15, 0.2) is 40.3 Å². The Bertz CT molecular complexity index is 812. The average molecular weight is 362 g/mol. The van der Waals surface area contributed by atoms with Crippen LogP contribution in [0, 0.1) is 0 Å². The molecule has 0 aromatic carbocycles. The monoisotopic (exact) mass is 362 g/mol. The maximum Gasteiger partial charge on any atom is 0.228 e. The lowest BCUT2D eigenvalue weighted by molar-refractivity contribution is -0.120. The van der Waals surface area contributed by atoms with Crippen molar-refractivity contribution in [3.8, 4) is 10.8 Å². The summed E-state index contributed by atoms with van der Waals surface area (Å²) in [6.07, 6.45) is 1.67. The molecule has 0 spiro atoms. The van der Waals surface area contributed by atoms with Gasteiger partial charge in [0.1, 0.15) is 0 Å². The van der Waals surface area contributed by atoms with Crippen LogP contribution in [0.2, 0.25) is 0 Å². The second kappa shape index (κ2) is 7.37. The maximum atomic E-state index is 12.3. The van der Waals surface area contributed by atoms with Gasteiger partial charge in [0.25, 0.3) is 0 Å². The van der Waals surface area contributed by atoms with E-state index in [1.165, 1.54) is 29.6 Å². The van der Waals surface area contributed by atoms with Gasteiger partial charge in [-0.1, -0.05) is 17.4 Å². The Morgan fingerprint density at radius 2 is 2.17 bits per heavy atom. The van der Waals surface area contributed by atoms with Crippen LogP contribution in [0.4, 0.5) is 5.13 Å².